The molecule has 0 unspecified atom stereocenters. The van der Waals surface area contributed by atoms with Gasteiger partial charge < -0.3 is 10.6 Å². The predicted molar refractivity (Wildman–Crippen MR) is 82.1 cm³/mol. The van der Waals surface area contributed by atoms with Crippen molar-refractivity contribution in [3.8, 4) is 0 Å². The van der Waals surface area contributed by atoms with E-state index in [1.54, 1.807) is 0 Å². The van der Waals surface area contributed by atoms with Gasteiger partial charge in [0, 0.05) is 25.2 Å². The van der Waals surface area contributed by atoms with Gasteiger partial charge >= 0.3 is 0 Å². The van der Waals surface area contributed by atoms with Crippen molar-refractivity contribution in [2.24, 2.45) is 0 Å². The molecule has 118 valence electrons. The zero-order valence-electron chi connectivity index (χ0n) is 12.5. The van der Waals surface area contributed by atoms with Crippen LogP contribution in [0.5, 0.6) is 0 Å². The molecule has 0 aromatic carbocycles. The van der Waals surface area contributed by atoms with Gasteiger partial charge in [-0.2, -0.15) is 0 Å². The van der Waals surface area contributed by atoms with Gasteiger partial charge in [-0.1, -0.05) is 12.5 Å². The largest absolute Gasteiger partial charge is 0.370 e. The SMILES string of the molecule is FC(F)CCNCCCCCc1ccc2c(n1)NCCC2. The van der Waals surface area contributed by atoms with Crippen LogP contribution in [-0.4, -0.2) is 31.0 Å². The number of unbranched alkanes of at least 4 members (excludes halogenated alkanes) is 2. The Hall–Kier alpha value is -1.23. The maximum atomic E-state index is 11.9. The van der Waals surface area contributed by atoms with E-state index in [1.165, 1.54) is 12.0 Å². The highest BCUT2D eigenvalue weighted by atomic mass is 19.3. The monoisotopic (exact) mass is 297 g/mol. The van der Waals surface area contributed by atoms with Crippen molar-refractivity contribution in [2.45, 2.75) is 51.4 Å². The number of nitrogens with one attached hydrogen (secondary N) is 2. The third kappa shape index (κ3) is 5.96. The number of halogens is 2. The summed E-state index contributed by atoms with van der Waals surface area (Å²) in [7, 11) is 0. The molecule has 2 rings (SSSR count). The summed E-state index contributed by atoms with van der Waals surface area (Å²) in [6.07, 6.45) is 4.30. The van der Waals surface area contributed by atoms with Gasteiger partial charge in [-0.15, -0.1) is 0 Å². The molecule has 0 amide bonds. The molecule has 0 atom stereocenters. The molecular weight excluding hydrogens is 272 g/mol. The van der Waals surface area contributed by atoms with Crippen LogP contribution in [-0.2, 0) is 12.8 Å². The third-order valence-electron chi connectivity index (χ3n) is 3.78. The Labute approximate surface area is 125 Å². The molecule has 1 aliphatic heterocycles. The van der Waals surface area contributed by atoms with Crippen LogP contribution in [0.25, 0.3) is 0 Å². The standard InChI is InChI=1S/C16H25F2N3/c17-15(18)9-12-19-10-3-1-2-6-14-8-7-13-5-4-11-20-16(13)21-14/h7-8,15,19H,1-6,9-12H2,(H,20,21). The van der Waals surface area contributed by atoms with Crippen LogP contribution < -0.4 is 10.6 Å². The first kappa shape index (κ1) is 16.1. The molecule has 3 nitrogen and oxygen atoms in total. The normalized spacial score (nSPS) is 14.0. The first-order valence-electron chi connectivity index (χ1n) is 7.97. The summed E-state index contributed by atoms with van der Waals surface area (Å²) in [5.74, 6) is 1.06. The molecule has 0 saturated heterocycles. The van der Waals surface area contributed by atoms with Gasteiger partial charge in [0.15, 0.2) is 0 Å². The van der Waals surface area contributed by atoms with Gasteiger partial charge in [-0.3, -0.25) is 0 Å². The Morgan fingerprint density at radius 3 is 2.95 bits per heavy atom. The van der Waals surface area contributed by atoms with Crippen LogP contribution >= 0.6 is 0 Å². The second-order valence-electron chi connectivity index (χ2n) is 5.58. The minimum Gasteiger partial charge on any atom is -0.370 e. The van der Waals surface area contributed by atoms with Gasteiger partial charge in [-0.05, 0) is 50.3 Å². The van der Waals surface area contributed by atoms with E-state index in [0.29, 0.717) is 6.54 Å². The van der Waals surface area contributed by atoms with E-state index in [0.717, 1.165) is 56.7 Å². The average molecular weight is 297 g/mol. The van der Waals surface area contributed by atoms with E-state index in [1.807, 2.05) is 0 Å². The summed E-state index contributed by atoms with van der Waals surface area (Å²) in [5.41, 5.74) is 2.47. The Bertz CT molecular complexity index is 424. The molecule has 0 spiro atoms. The second kappa shape index (κ2) is 8.93. The molecule has 2 N–H and O–H groups in total. The Morgan fingerprint density at radius 1 is 1.19 bits per heavy atom. The molecule has 2 heterocycles. The lowest BCUT2D eigenvalue weighted by atomic mass is 10.1. The number of alkyl halides is 2. The van der Waals surface area contributed by atoms with Gasteiger partial charge in [0.2, 0.25) is 6.43 Å². The summed E-state index contributed by atoms with van der Waals surface area (Å²) >= 11 is 0. The second-order valence-corrected chi connectivity index (χ2v) is 5.58. The van der Waals surface area contributed by atoms with Crippen molar-refractivity contribution in [3.63, 3.8) is 0 Å². The summed E-state index contributed by atoms with van der Waals surface area (Å²) in [5, 5.41) is 6.41. The maximum absolute atomic E-state index is 11.9. The van der Waals surface area contributed by atoms with Gasteiger partial charge in [-0.25, -0.2) is 13.8 Å². The fourth-order valence-corrected chi connectivity index (χ4v) is 2.58. The van der Waals surface area contributed by atoms with Crippen molar-refractivity contribution >= 4 is 5.82 Å². The molecule has 1 aromatic rings. The fraction of sp³-hybridized carbons (Fsp3) is 0.688. The predicted octanol–water partition coefficient (Wildman–Crippen LogP) is 3.40. The molecule has 1 aliphatic rings. The Balaban J connectivity index is 1.56. The first-order valence-corrected chi connectivity index (χ1v) is 7.97. The van der Waals surface area contributed by atoms with Crippen molar-refractivity contribution in [1.29, 1.82) is 0 Å². The zero-order chi connectivity index (χ0) is 14.9. The highest BCUT2D eigenvalue weighted by Crippen LogP contribution is 2.20. The molecule has 5 heteroatoms. The summed E-state index contributed by atoms with van der Waals surface area (Å²) < 4.78 is 23.8. The molecule has 0 saturated carbocycles. The molecule has 21 heavy (non-hydrogen) atoms. The van der Waals surface area contributed by atoms with E-state index in [9.17, 15) is 8.78 Å². The number of aryl methyl sites for hydroxylation is 2. The fourth-order valence-electron chi connectivity index (χ4n) is 2.58. The van der Waals surface area contributed by atoms with Gasteiger partial charge in [0.1, 0.15) is 5.82 Å². The lowest BCUT2D eigenvalue weighted by molar-refractivity contribution is 0.137. The summed E-state index contributed by atoms with van der Waals surface area (Å²) in [4.78, 5) is 4.67. The molecule has 0 aliphatic carbocycles. The number of nitrogens with zero attached hydrogens (tertiary/aromatic N) is 1. The lowest BCUT2D eigenvalue weighted by Gasteiger charge is -2.17. The van der Waals surface area contributed by atoms with Crippen LogP contribution in [0.4, 0.5) is 14.6 Å². The topological polar surface area (TPSA) is 37.0 Å². The van der Waals surface area contributed by atoms with Crippen LogP contribution in [0, 0.1) is 0 Å². The molecule has 0 fully saturated rings. The van der Waals surface area contributed by atoms with Crippen molar-refractivity contribution < 1.29 is 8.78 Å². The van der Waals surface area contributed by atoms with Crippen molar-refractivity contribution in [3.05, 3.63) is 23.4 Å². The highest BCUT2D eigenvalue weighted by Gasteiger charge is 2.09. The third-order valence-corrected chi connectivity index (χ3v) is 3.78. The molecular formula is C16H25F2N3. The van der Waals surface area contributed by atoms with E-state index >= 15 is 0 Å². The first-order chi connectivity index (χ1) is 10.3. The molecule has 0 bridgehead atoms. The Kier molecular flexibility index (Phi) is 6.86. The number of anilines is 1. The highest BCUT2D eigenvalue weighted by molar-refractivity contribution is 5.46. The van der Waals surface area contributed by atoms with Gasteiger partial charge in [0.25, 0.3) is 0 Å². The summed E-state index contributed by atoms with van der Waals surface area (Å²) in [6.45, 7) is 2.26. The minimum atomic E-state index is -2.19. The van der Waals surface area contributed by atoms with Crippen LogP contribution in [0.15, 0.2) is 12.1 Å². The number of rotatable bonds is 9. The number of aromatic nitrogens is 1. The minimum absolute atomic E-state index is 0.0496. The van der Waals surface area contributed by atoms with Crippen LogP contribution in [0.3, 0.4) is 0 Å². The van der Waals surface area contributed by atoms with Crippen LogP contribution in [0.2, 0.25) is 0 Å². The van der Waals surface area contributed by atoms with E-state index in [4.69, 9.17) is 0 Å². The van der Waals surface area contributed by atoms with E-state index in [-0.39, 0.29) is 6.42 Å². The smallest absolute Gasteiger partial charge is 0.239 e. The zero-order valence-corrected chi connectivity index (χ0v) is 12.5. The number of pyridine rings is 1. The quantitative estimate of drug-likeness (QED) is 0.686. The van der Waals surface area contributed by atoms with Gasteiger partial charge in [0.05, 0.1) is 0 Å². The number of fused-ring (bicyclic) bond motifs is 1. The van der Waals surface area contributed by atoms with Crippen molar-refractivity contribution in [1.82, 2.24) is 10.3 Å². The maximum Gasteiger partial charge on any atom is 0.239 e. The van der Waals surface area contributed by atoms with Crippen molar-refractivity contribution in [2.75, 3.05) is 25.0 Å². The average Bonchev–Trinajstić information content (AvgIpc) is 2.49. The van der Waals surface area contributed by atoms with E-state index < -0.39 is 6.43 Å². The molecule has 0 radical (unpaired) electrons. The summed E-state index contributed by atoms with van der Waals surface area (Å²) in [6, 6.07) is 4.32. The molecule has 1 aromatic heterocycles. The number of hydrogen-bond donors (Lipinski definition) is 2. The van der Waals surface area contributed by atoms with E-state index in [2.05, 4.69) is 27.8 Å². The number of hydrogen-bond acceptors (Lipinski definition) is 3. The van der Waals surface area contributed by atoms with Crippen LogP contribution in [0.1, 0.15) is 43.4 Å². The Morgan fingerprint density at radius 2 is 2.10 bits per heavy atom. The lowest BCUT2D eigenvalue weighted by Crippen LogP contribution is -2.18.